The molecule has 0 saturated heterocycles. The van der Waals surface area contributed by atoms with Gasteiger partial charge in [0.2, 0.25) is 0 Å². The van der Waals surface area contributed by atoms with E-state index in [1.807, 2.05) is 58.3 Å². The van der Waals surface area contributed by atoms with Crippen LogP contribution in [0.2, 0.25) is 0 Å². The van der Waals surface area contributed by atoms with Crippen LogP contribution in [0, 0.1) is 13.8 Å². The van der Waals surface area contributed by atoms with Crippen LogP contribution in [-0.2, 0) is 11.3 Å². The van der Waals surface area contributed by atoms with Crippen molar-refractivity contribution in [3.63, 3.8) is 0 Å². The Morgan fingerprint density at radius 2 is 1.80 bits per heavy atom. The SMILES string of the molecule is Cc1ccc(C(=O)OCc2ccc(C(CN)CN(C)C)cc2)c(C)c1. The van der Waals surface area contributed by atoms with Crippen molar-refractivity contribution in [1.29, 1.82) is 0 Å². The van der Waals surface area contributed by atoms with Gasteiger partial charge in [0.05, 0.1) is 5.56 Å². The number of carbonyl (C=O) groups excluding carboxylic acids is 1. The van der Waals surface area contributed by atoms with Gasteiger partial charge in [-0.15, -0.1) is 0 Å². The van der Waals surface area contributed by atoms with E-state index in [9.17, 15) is 4.79 Å². The van der Waals surface area contributed by atoms with Crippen LogP contribution in [-0.4, -0.2) is 38.1 Å². The van der Waals surface area contributed by atoms with Crippen LogP contribution < -0.4 is 5.73 Å². The Balaban J connectivity index is 1.98. The number of hydrogen-bond acceptors (Lipinski definition) is 4. The Hall–Kier alpha value is -2.17. The van der Waals surface area contributed by atoms with Gasteiger partial charge in [-0.1, -0.05) is 42.0 Å². The maximum atomic E-state index is 12.2. The fourth-order valence-corrected chi connectivity index (χ4v) is 2.91. The van der Waals surface area contributed by atoms with Gasteiger partial charge in [-0.2, -0.15) is 0 Å². The zero-order valence-electron chi connectivity index (χ0n) is 15.6. The zero-order valence-corrected chi connectivity index (χ0v) is 15.6. The lowest BCUT2D eigenvalue weighted by atomic mass is 9.98. The van der Waals surface area contributed by atoms with Gasteiger partial charge in [-0.3, -0.25) is 0 Å². The molecule has 0 aliphatic carbocycles. The predicted octanol–water partition coefficient (Wildman–Crippen LogP) is 3.26. The smallest absolute Gasteiger partial charge is 0.338 e. The zero-order chi connectivity index (χ0) is 18.4. The highest BCUT2D eigenvalue weighted by atomic mass is 16.5. The Morgan fingerprint density at radius 3 is 2.36 bits per heavy atom. The van der Waals surface area contributed by atoms with Crippen LogP contribution >= 0.6 is 0 Å². The molecule has 134 valence electrons. The van der Waals surface area contributed by atoms with Crippen LogP contribution in [0.5, 0.6) is 0 Å². The van der Waals surface area contributed by atoms with Crippen molar-refractivity contribution < 1.29 is 9.53 Å². The fourth-order valence-electron chi connectivity index (χ4n) is 2.91. The lowest BCUT2D eigenvalue weighted by Crippen LogP contribution is -2.25. The number of ether oxygens (including phenoxy) is 1. The lowest BCUT2D eigenvalue weighted by Gasteiger charge is -2.20. The number of rotatable bonds is 7. The van der Waals surface area contributed by atoms with E-state index in [0.29, 0.717) is 18.0 Å². The molecular formula is C21H28N2O2. The van der Waals surface area contributed by atoms with E-state index in [1.54, 1.807) is 0 Å². The van der Waals surface area contributed by atoms with Gasteiger partial charge in [0.15, 0.2) is 0 Å². The third-order valence-electron chi connectivity index (χ3n) is 4.29. The summed E-state index contributed by atoms with van der Waals surface area (Å²) in [5, 5.41) is 0. The largest absolute Gasteiger partial charge is 0.457 e. The molecule has 0 aliphatic rings. The summed E-state index contributed by atoms with van der Waals surface area (Å²) < 4.78 is 5.45. The highest BCUT2D eigenvalue weighted by Gasteiger charge is 2.12. The van der Waals surface area contributed by atoms with Crippen molar-refractivity contribution in [2.75, 3.05) is 27.2 Å². The van der Waals surface area contributed by atoms with Gasteiger partial charge in [0, 0.05) is 19.0 Å². The second kappa shape index (κ2) is 8.79. The first-order valence-corrected chi connectivity index (χ1v) is 8.58. The average Bonchev–Trinajstić information content (AvgIpc) is 2.58. The second-order valence-electron chi connectivity index (χ2n) is 6.83. The minimum atomic E-state index is -0.283. The summed E-state index contributed by atoms with van der Waals surface area (Å²) >= 11 is 0. The molecule has 2 aromatic rings. The van der Waals surface area contributed by atoms with E-state index in [0.717, 1.165) is 23.2 Å². The maximum Gasteiger partial charge on any atom is 0.338 e. The second-order valence-corrected chi connectivity index (χ2v) is 6.83. The molecule has 4 nitrogen and oxygen atoms in total. The summed E-state index contributed by atoms with van der Waals surface area (Å²) in [5.74, 6) is 0.0239. The maximum absolute atomic E-state index is 12.2. The molecule has 0 fully saturated rings. The van der Waals surface area contributed by atoms with Crippen molar-refractivity contribution in [3.8, 4) is 0 Å². The Morgan fingerprint density at radius 1 is 1.12 bits per heavy atom. The number of aryl methyl sites for hydroxylation is 2. The van der Waals surface area contributed by atoms with Crippen molar-refractivity contribution >= 4 is 5.97 Å². The minimum absolute atomic E-state index is 0.271. The first kappa shape index (κ1) is 19.2. The monoisotopic (exact) mass is 340 g/mol. The topological polar surface area (TPSA) is 55.6 Å². The van der Waals surface area contributed by atoms with Gasteiger partial charge in [0.1, 0.15) is 6.61 Å². The molecule has 0 heterocycles. The lowest BCUT2D eigenvalue weighted by molar-refractivity contribution is 0.0472. The quantitative estimate of drug-likeness (QED) is 0.786. The number of esters is 1. The van der Waals surface area contributed by atoms with E-state index in [-0.39, 0.29) is 12.6 Å². The van der Waals surface area contributed by atoms with Crippen LogP contribution in [0.25, 0.3) is 0 Å². The molecule has 1 unspecified atom stereocenters. The van der Waals surface area contributed by atoms with Crippen LogP contribution in [0.1, 0.15) is 38.5 Å². The van der Waals surface area contributed by atoms with Gasteiger partial charge in [0.25, 0.3) is 0 Å². The molecule has 2 rings (SSSR count). The van der Waals surface area contributed by atoms with Crippen molar-refractivity contribution in [1.82, 2.24) is 4.90 Å². The number of hydrogen-bond donors (Lipinski definition) is 1. The highest BCUT2D eigenvalue weighted by Crippen LogP contribution is 2.18. The standard InChI is InChI=1S/C21H28N2O2/c1-15-5-10-20(16(2)11-15)21(24)25-14-17-6-8-18(9-7-17)19(12-22)13-23(3)4/h5-11,19H,12-14,22H2,1-4H3. The van der Waals surface area contributed by atoms with Gasteiger partial charge in [-0.05, 0) is 50.7 Å². The van der Waals surface area contributed by atoms with Crippen LogP contribution in [0.15, 0.2) is 42.5 Å². The molecule has 0 amide bonds. The molecule has 4 heteroatoms. The Labute approximate surface area is 150 Å². The number of nitrogens with two attached hydrogens (primary N) is 1. The van der Waals surface area contributed by atoms with E-state index in [4.69, 9.17) is 10.5 Å². The number of nitrogens with zero attached hydrogens (tertiary/aromatic N) is 1. The molecule has 1 atom stereocenters. The first-order valence-electron chi connectivity index (χ1n) is 8.58. The summed E-state index contributed by atoms with van der Waals surface area (Å²) in [7, 11) is 4.09. The van der Waals surface area contributed by atoms with Crippen molar-refractivity contribution in [2.24, 2.45) is 5.73 Å². The van der Waals surface area contributed by atoms with E-state index in [2.05, 4.69) is 17.0 Å². The van der Waals surface area contributed by atoms with Gasteiger partial charge >= 0.3 is 5.97 Å². The third kappa shape index (κ3) is 5.41. The highest BCUT2D eigenvalue weighted by molar-refractivity contribution is 5.91. The third-order valence-corrected chi connectivity index (χ3v) is 4.29. The summed E-state index contributed by atoms with van der Waals surface area (Å²) in [6.07, 6.45) is 0. The molecular weight excluding hydrogens is 312 g/mol. The van der Waals surface area contributed by atoms with E-state index >= 15 is 0 Å². The molecule has 0 aromatic heterocycles. The van der Waals surface area contributed by atoms with Gasteiger partial charge < -0.3 is 15.4 Å². The average molecular weight is 340 g/mol. The molecule has 0 spiro atoms. The molecule has 25 heavy (non-hydrogen) atoms. The summed E-state index contributed by atoms with van der Waals surface area (Å²) in [6.45, 7) is 5.73. The molecule has 2 aromatic carbocycles. The fraction of sp³-hybridized carbons (Fsp3) is 0.381. The van der Waals surface area contributed by atoms with Crippen LogP contribution in [0.4, 0.5) is 0 Å². The predicted molar refractivity (Wildman–Crippen MR) is 102 cm³/mol. The normalized spacial score (nSPS) is 12.2. The Kier molecular flexibility index (Phi) is 6.73. The van der Waals surface area contributed by atoms with E-state index < -0.39 is 0 Å². The number of carbonyl (C=O) groups is 1. The first-order chi connectivity index (χ1) is 11.9. The van der Waals surface area contributed by atoms with Crippen LogP contribution in [0.3, 0.4) is 0 Å². The minimum Gasteiger partial charge on any atom is -0.457 e. The molecule has 0 radical (unpaired) electrons. The molecule has 2 N–H and O–H groups in total. The van der Waals surface area contributed by atoms with Crippen molar-refractivity contribution in [2.45, 2.75) is 26.4 Å². The summed E-state index contributed by atoms with van der Waals surface area (Å²) in [5.41, 5.74) is 10.8. The van der Waals surface area contributed by atoms with Crippen molar-refractivity contribution in [3.05, 3.63) is 70.3 Å². The molecule has 0 bridgehead atoms. The Bertz CT molecular complexity index is 708. The molecule has 0 saturated carbocycles. The summed E-state index contributed by atoms with van der Waals surface area (Å²) in [4.78, 5) is 14.4. The molecule has 0 aliphatic heterocycles. The number of benzene rings is 2. The number of likely N-dealkylation sites (N-methyl/N-ethyl adjacent to an activating group) is 1. The van der Waals surface area contributed by atoms with E-state index in [1.165, 1.54) is 5.56 Å². The summed E-state index contributed by atoms with van der Waals surface area (Å²) in [6, 6.07) is 13.9. The van der Waals surface area contributed by atoms with Gasteiger partial charge in [-0.25, -0.2) is 4.79 Å².